The summed E-state index contributed by atoms with van der Waals surface area (Å²) in [7, 11) is 0. The van der Waals surface area contributed by atoms with Crippen molar-refractivity contribution in [1.29, 1.82) is 0 Å². The standard InChI is InChI=1S/C12H15NO3S/c1-4-13-11(15)7-5-8(14)10(17-3)6(2)9(7)12(13)16/h7,9H,4-5H2,1-3H3. The number of likely N-dealkylation sites (tertiary alicyclic amines) is 1. The second-order valence-electron chi connectivity index (χ2n) is 4.35. The molecule has 0 N–H and O–H groups in total. The highest BCUT2D eigenvalue weighted by molar-refractivity contribution is 8.03. The summed E-state index contributed by atoms with van der Waals surface area (Å²) in [5.41, 5.74) is 0.771. The summed E-state index contributed by atoms with van der Waals surface area (Å²) in [4.78, 5) is 37.9. The number of ketones is 1. The fraction of sp³-hybridized carbons (Fsp3) is 0.583. The summed E-state index contributed by atoms with van der Waals surface area (Å²) in [6.07, 6.45) is 2.01. The number of fused-ring (bicyclic) bond motifs is 1. The quantitative estimate of drug-likeness (QED) is 0.694. The molecule has 5 heteroatoms. The van der Waals surface area contributed by atoms with E-state index in [1.807, 2.05) is 6.26 Å². The van der Waals surface area contributed by atoms with E-state index in [1.54, 1.807) is 13.8 Å². The minimum absolute atomic E-state index is 0.00430. The van der Waals surface area contributed by atoms with Crippen molar-refractivity contribution in [2.75, 3.05) is 12.8 Å². The number of amides is 2. The van der Waals surface area contributed by atoms with Crippen molar-refractivity contribution in [3.05, 3.63) is 10.5 Å². The van der Waals surface area contributed by atoms with Gasteiger partial charge in [0.1, 0.15) is 0 Å². The zero-order valence-corrected chi connectivity index (χ0v) is 11.0. The van der Waals surface area contributed by atoms with Gasteiger partial charge in [0.05, 0.1) is 11.8 Å². The molecule has 2 aliphatic rings. The van der Waals surface area contributed by atoms with Gasteiger partial charge in [0, 0.05) is 17.9 Å². The van der Waals surface area contributed by atoms with Crippen LogP contribution in [-0.4, -0.2) is 35.3 Å². The van der Waals surface area contributed by atoms with Gasteiger partial charge in [-0.25, -0.2) is 0 Å². The van der Waals surface area contributed by atoms with Gasteiger partial charge in [-0.1, -0.05) is 0 Å². The molecule has 0 saturated carbocycles. The van der Waals surface area contributed by atoms with Crippen molar-refractivity contribution >= 4 is 29.4 Å². The molecule has 1 heterocycles. The normalized spacial score (nSPS) is 29.1. The highest BCUT2D eigenvalue weighted by Crippen LogP contribution is 2.42. The number of rotatable bonds is 2. The van der Waals surface area contributed by atoms with Crippen LogP contribution in [0.3, 0.4) is 0 Å². The number of carbonyl (C=O) groups excluding carboxylic acids is 3. The first-order valence-electron chi connectivity index (χ1n) is 5.66. The molecule has 0 spiro atoms. The molecule has 1 aliphatic carbocycles. The van der Waals surface area contributed by atoms with E-state index in [0.29, 0.717) is 11.4 Å². The maximum atomic E-state index is 12.1. The molecule has 0 aromatic carbocycles. The largest absolute Gasteiger partial charge is 0.294 e. The van der Waals surface area contributed by atoms with Crippen molar-refractivity contribution in [1.82, 2.24) is 4.90 Å². The predicted octanol–water partition coefficient (Wildman–Crippen LogP) is 1.22. The molecular formula is C12H15NO3S. The third-order valence-electron chi connectivity index (χ3n) is 3.52. The first-order chi connectivity index (χ1) is 8.02. The highest BCUT2D eigenvalue weighted by atomic mass is 32.2. The predicted molar refractivity (Wildman–Crippen MR) is 65.2 cm³/mol. The minimum Gasteiger partial charge on any atom is -0.294 e. The Balaban J connectivity index is 2.47. The van der Waals surface area contributed by atoms with Gasteiger partial charge in [-0.05, 0) is 25.7 Å². The Morgan fingerprint density at radius 3 is 2.47 bits per heavy atom. The smallest absolute Gasteiger partial charge is 0.237 e. The molecule has 0 aromatic rings. The molecule has 0 radical (unpaired) electrons. The fourth-order valence-electron chi connectivity index (χ4n) is 2.72. The van der Waals surface area contributed by atoms with Crippen LogP contribution in [0.5, 0.6) is 0 Å². The van der Waals surface area contributed by atoms with Crippen LogP contribution in [0.15, 0.2) is 10.5 Å². The number of nitrogens with zero attached hydrogens (tertiary/aromatic N) is 1. The summed E-state index contributed by atoms with van der Waals surface area (Å²) in [5, 5.41) is 0. The van der Waals surface area contributed by atoms with Gasteiger partial charge in [0.25, 0.3) is 0 Å². The van der Waals surface area contributed by atoms with Crippen LogP contribution in [0, 0.1) is 11.8 Å². The number of allylic oxidation sites excluding steroid dienone is 1. The van der Waals surface area contributed by atoms with Crippen LogP contribution < -0.4 is 0 Å². The van der Waals surface area contributed by atoms with Crippen molar-refractivity contribution < 1.29 is 14.4 Å². The Morgan fingerprint density at radius 2 is 1.94 bits per heavy atom. The Hall–Kier alpha value is -1.10. The van der Waals surface area contributed by atoms with E-state index >= 15 is 0 Å². The summed E-state index contributed by atoms with van der Waals surface area (Å²) in [5.74, 6) is -1.18. The number of carbonyl (C=O) groups is 3. The monoisotopic (exact) mass is 253 g/mol. The molecule has 92 valence electrons. The minimum atomic E-state index is -0.453. The first-order valence-corrected chi connectivity index (χ1v) is 6.88. The maximum Gasteiger partial charge on any atom is 0.237 e. The third kappa shape index (κ3) is 1.64. The summed E-state index contributed by atoms with van der Waals surface area (Å²) in [6.45, 7) is 3.97. The molecule has 4 nitrogen and oxygen atoms in total. The van der Waals surface area contributed by atoms with Gasteiger partial charge in [0.2, 0.25) is 11.8 Å². The van der Waals surface area contributed by atoms with E-state index in [-0.39, 0.29) is 24.0 Å². The first kappa shape index (κ1) is 12.4. The maximum absolute atomic E-state index is 12.1. The molecule has 2 unspecified atom stereocenters. The molecule has 1 aliphatic heterocycles. The van der Waals surface area contributed by atoms with E-state index < -0.39 is 11.8 Å². The van der Waals surface area contributed by atoms with E-state index in [4.69, 9.17) is 0 Å². The van der Waals surface area contributed by atoms with Crippen molar-refractivity contribution in [2.24, 2.45) is 11.8 Å². The van der Waals surface area contributed by atoms with Crippen molar-refractivity contribution in [3.8, 4) is 0 Å². The number of hydrogen-bond acceptors (Lipinski definition) is 4. The highest BCUT2D eigenvalue weighted by Gasteiger charge is 2.51. The Kier molecular flexibility index (Phi) is 3.12. The second kappa shape index (κ2) is 4.29. The molecule has 2 rings (SSSR count). The van der Waals surface area contributed by atoms with Crippen LogP contribution in [0.1, 0.15) is 20.3 Å². The molecule has 0 bridgehead atoms. The fourth-order valence-corrected chi connectivity index (χ4v) is 3.48. The van der Waals surface area contributed by atoms with Crippen LogP contribution >= 0.6 is 11.8 Å². The molecular weight excluding hydrogens is 238 g/mol. The van der Waals surface area contributed by atoms with Gasteiger partial charge < -0.3 is 0 Å². The van der Waals surface area contributed by atoms with E-state index in [0.717, 1.165) is 5.57 Å². The number of hydrogen-bond donors (Lipinski definition) is 0. The third-order valence-corrected chi connectivity index (χ3v) is 4.48. The molecule has 1 saturated heterocycles. The second-order valence-corrected chi connectivity index (χ2v) is 5.16. The Labute approximate surface area is 104 Å². The number of thioether (sulfide) groups is 1. The summed E-state index contributed by atoms with van der Waals surface area (Å²) >= 11 is 1.37. The topological polar surface area (TPSA) is 54.5 Å². The summed E-state index contributed by atoms with van der Waals surface area (Å²) < 4.78 is 0. The summed E-state index contributed by atoms with van der Waals surface area (Å²) in [6, 6.07) is 0. The lowest BCUT2D eigenvalue weighted by Gasteiger charge is -2.23. The average Bonchev–Trinajstić information content (AvgIpc) is 2.51. The van der Waals surface area contributed by atoms with Gasteiger partial charge in [0.15, 0.2) is 5.78 Å². The Morgan fingerprint density at radius 1 is 1.29 bits per heavy atom. The van der Waals surface area contributed by atoms with Gasteiger partial charge in [-0.15, -0.1) is 11.8 Å². The lowest BCUT2D eigenvalue weighted by atomic mass is 9.80. The van der Waals surface area contributed by atoms with Crippen molar-refractivity contribution in [3.63, 3.8) is 0 Å². The van der Waals surface area contributed by atoms with Gasteiger partial charge in [-0.2, -0.15) is 0 Å². The van der Waals surface area contributed by atoms with Crippen LogP contribution in [-0.2, 0) is 14.4 Å². The molecule has 1 fully saturated rings. The number of imide groups is 1. The number of Topliss-reactive ketones (excluding diaryl/α,β-unsaturated/α-hetero) is 1. The molecule has 0 aromatic heterocycles. The molecule has 2 atom stereocenters. The van der Waals surface area contributed by atoms with Crippen LogP contribution in [0.25, 0.3) is 0 Å². The SMILES string of the molecule is CCN1C(=O)C2CC(=O)C(SC)=C(C)C2C1=O. The van der Waals surface area contributed by atoms with E-state index in [2.05, 4.69) is 0 Å². The lowest BCUT2D eigenvalue weighted by molar-refractivity contribution is -0.139. The van der Waals surface area contributed by atoms with Gasteiger partial charge in [-0.3, -0.25) is 19.3 Å². The molecule has 2 amide bonds. The van der Waals surface area contributed by atoms with Gasteiger partial charge >= 0.3 is 0 Å². The van der Waals surface area contributed by atoms with Crippen LogP contribution in [0.4, 0.5) is 0 Å². The van der Waals surface area contributed by atoms with Crippen molar-refractivity contribution in [2.45, 2.75) is 20.3 Å². The molecule has 17 heavy (non-hydrogen) atoms. The Bertz CT molecular complexity index is 441. The average molecular weight is 253 g/mol. The lowest BCUT2D eigenvalue weighted by Crippen LogP contribution is -2.30. The van der Waals surface area contributed by atoms with E-state index in [1.165, 1.54) is 16.7 Å². The van der Waals surface area contributed by atoms with E-state index in [9.17, 15) is 14.4 Å². The zero-order chi connectivity index (χ0) is 12.7. The van der Waals surface area contributed by atoms with Crippen LogP contribution in [0.2, 0.25) is 0 Å². The zero-order valence-electron chi connectivity index (χ0n) is 10.1.